The van der Waals surface area contributed by atoms with E-state index in [9.17, 15) is 4.79 Å². The molecule has 1 aliphatic carbocycles. The zero-order valence-corrected chi connectivity index (χ0v) is 14.2. The summed E-state index contributed by atoms with van der Waals surface area (Å²) in [6, 6.07) is 2.10. The molecule has 1 atom stereocenters. The van der Waals surface area contributed by atoms with Crippen LogP contribution in [0.3, 0.4) is 0 Å². The van der Waals surface area contributed by atoms with Crippen LogP contribution in [0.15, 0.2) is 10.6 Å². The molecule has 0 aliphatic heterocycles. The zero-order valence-electron chi connectivity index (χ0n) is 14.2. The van der Waals surface area contributed by atoms with Crippen molar-refractivity contribution in [2.24, 2.45) is 0 Å². The van der Waals surface area contributed by atoms with E-state index < -0.39 is 0 Å². The smallest absolute Gasteiger partial charge is 0.259 e. The Hall–Kier alpha value is -1.91. The first-order valence-electron chi connectivity index (χ1n) is 8.68. The van der Waals surface area contributed by atoms with Gasteiger partial charge in [-0.15, -0.1) is 0 Å². The molecule has 2 aromatic heterocycles. The first-order valence-corrected chi connectivity index (χ1v) is 8.68. The van der Waals surface area contributed by atoms with Crippen molar-refractivity contribution in [3.05, 3.63) is 23.0 Å². The van der Waals surface area contributed by atoms with Crippen LogP contribution in [-0.4, -0.2) is 22.1 Å². The van der Waals surface area contributed by atoms with E-state index in [1.54, 1.807) is 0 Å². The van der Waals surface area contributed by atoms with Crippen molar-refractivity contribution >= 4 is 17.0 Å². The topological polar surface area (TPSA) is 68.0 Å². The van der Waals surface area contributed by atoms with Gasteiger partial charge in [0.25, 0.3) is 11.6 Å². The molecular formula is C18H25N3O2. The number of nitrogens with one attached hydrogen (secondary N) is 1. The molecule has 1 N–H and O–H groups in total. The Morgan fingerprint density at radius 3 is 2.91 bits per heavy atom. The Bertz CT molecular complexity index is 704. The summed E-state index contributed by atoms with van der Waals surface area (Å²) >= 11 is 0. The molecule has 1 saturated carbocycles. The monoisotopic (exact) mass is 315 g/mol. The molecule has 5 nitrogen and oxygen atoms in total. The van der Waals surface area contributed by atoms with Gasteiger partial charge in [0.05, 0.1) is 16.6 Å². The van der Waals surface area contributed by atoms with Crippen LogP contribution < -0.4 is 5.32 Å². The van der Waals surface area contributed by atoms with Crippen molar-refractivity contribution in [1.82, 2.24) is 15.5 Å². The Labute approximate surface area is 136 Å². The Kier molecular flexibility index (Phi) is 4.64. The van der Waals surface area contributed by atoms with Crippen LogP contribution in [0.1, 0.15) is 80.0 Å². The second-order valence-electron chi connectivity index (χ2n) is 6.69. The minimum absolute atomic E-state index is 0.0467. The number of rotatable bonds is 7. The number of pyridine rings is 1. The lowest BCUT2D eigenvalue weighted by atomic mass is 10.1. The highest BCUT2D eigenvalue weighted by atomic mass is 16.5. The predicted octanol–water partition coefficient (Wildman–Crippen LogP) is 4.11. The maximum Gasteiger partial charge on any atom is 0.259 e. The number of carbonyl (C=O) groups excluding carboxylic acids is 1. The lowest BCUT2D eigenvalue weighted by molar-refractivity contribution is 0.0939. The fourth-order valence-electron chi connectivity index (χ4n) is 2.96. The number of amides is 1. The van der Waals surface area contributed by atoms with Crippen LogP contribution >= 0.6 is 0 Å². The van der Waals surface area contributed by atoms with Crippen LogP contribution in [0.5, 0.6) is 0 Å². The number of nitrogens with zero attached hydrogens (tertiary/aromatic N) is 2. The van der Waals surface area contributed by atoms with E-state index in [0.29, 0.717) is 17.2 Å². The average Bonchev–Trinajstić information content (AvgIpc) is 3.31. The summed E-state index contributed by atoms with van der Waals surface area (Å²) in [7, 11) is 0. The SMILES string of the molecule is CCCCC[C@H](C)NC(=O)c1cc(C2CC2)nc2onc(C)c12. The third-order valence-electron chi connectivity index (χ3n) is 4.50. The standard InChI is InChI=1S/C18H25N3O2/c1-4-5-6-7-11(2)19-17(22)14-10-15(13-8-9-13)20-18-16(14)12(3)21-23-18/h10-11,13H,4-9H2,1-3H3,(H,19,22)/t11-/m0/s1. The molecule has 2 heterocycles. The average molecular weight is 315 g/mol. The number of hydrogen-bond donors (Lipinski definition) is 1. The Morgan fingerprint density at radius 1 is 1.43 bits per heavy atom. The highest BCUT2D eigenvalue weighted by Gasteiger charge is 2.28. The van der Waals surface area contributed by atoms with Crippen LogP contribution in [0, 0.1) is 6.92 Å². The summed E-state index contributed by atoms with van der Waals surface area (Å²) in [6.07, 6.45) is 6.82. The summed E-state index contributed by atoms with van der Waals surface area (Å²) in [4.78, 5) is 17.3. The molecule has 1 fully saturated rings. The third-order valence-corrected chi connectivity index (χ3v) is 4.50. The van der Waals surface area contributed by atoms with E-state index in [2.05, 4.69) is 29.3 Å². The molecule has 124 valence electrons. The molecule has 1 aliphatic rings. The molecule has 0 saturated heterocycles. The van der Waals surface area contributed by atoms with Gasteiger partial charge < -0.3 is 9.84 Å². The Balaban J connectivity index is 1.82. The molecule has 23 heavy (non-hydrogen) atoms. The summed E-state index contributed by atoms with van der Waals surface area (Å²) in [5.41, 5.74) is 2.81. The molecule has 5 heteroatoms. The van der Waals surface area contributed by atoms with Crippen molar-refractivity contribution in [3.8, 4) is 0 Å². The molecule has 0 radical (unpaired) electrons. The van der Waals surface area contributed by atoms with Crippen LogP contribution in [0.25, 0.3) is 11.1 Å². The quantitative estimate of drug-likeness (QED) is 0.781. The normalized spacial score (nSPS) is 15.8. The fraction of sp³-hybridized carbons (Fsp3) is 0.611. The van der Waals surface area contributed by atoms with Crippen LogP contribution in [0.4, 0.5) is 0 Å². The van der Waals surface area contributed by atoms with E-state index in [1.165, 1.54) is 12.8 Å². The first-order chi connectivity index (χ1) is 11.1. The van der Waals surface area contributed by atoms with Crippen LogP contribution in [0.2, 0.25) is 0 Å². The van der Waals surface area contributed by atoms with E-state index in [0.717, 1.165) is 42.5 Å². The van der Waals surface area contributed by atoms with Gasteiger partial charge in [0.15, 0.2) is 0 Å². The van der Waals surface area contributed by atoms with Crippen molar-refractivity contribution < 1.29 is 9.32 Å². The highest BCUT2D eigenvalue weighted by molar-refractivity contribution is 6.06. The minimum Gasteiger partial charge on any atom is -0.350 e. The number of unbranched alkanes of at least 4 members (excludes halogenated alkanes) is 2. The minimum atomic E-state index is -0.0467. The number of fused-ring (bicyclic) bond motifs is 1. The summed E-state index contributed by atoms with van der Waals surface area (Å²) in [5.74, 6) is 0.424. The van der Waals surface area contributed by atoms with Gasteiger partial charge in [-0.2, -0.15) is 0 Å². The van der Waals surface area contributed by atoms with Crippen molar-refractivity contribution in [3.63, 3.8) is 0 Å². The molecule has 0 spiro atoms. The second kappa shape index (κ2) is 6.69. The lowest BCUT2D eigenvalue weighted by Crippen LogP contribution is -2.32. The van der Waals surface area contributed by atoms with Crippen LogP contribution in [-0.2, 0) is 0 Å². The first kappa shape index (κ1) is 16.0. The van der Waals surface area contributed by atoms with Crippen molar-refractivity contribution in [2.75, 3.05) is 0 Å². The highest BCUT2D eigenvalue weighted by Crippen LogP contribution is 2.40. The van der Waals surface area contributed by atoms with Gasteiger partial charge in [-0.25, -0.2) is 4.98 Å². The van der Waals surface area contributed by atoms with E-state index >= 15 is 0 Å². The van der Waals surface area contributed by atoms with Gasteiger partial charge in [-0.1, -0.05) is 31.3 Å². The van der Waals surface area contributed by atoms with Gasteiger partial charge in [-0.3, -0.25) is 4.79 Å². The maximum absolute atomic E-state index is 12.7. The zero-order chi connectivity index (χ0) is 16.4. The van der Waals surface area contributed by atoms with Crippen molar-refractivity contribution in [1.29, 1.82) is 0 Å². The number of aromatic nitrogens is 2. The Morgan fingerprint density at radius 2 is 2.22 bits per heavy atom. The molecule has 3 rings (SSSR count). The van der Waals surface area contributed by atoms with Gasteiger partial charge in [0.2, 0.25) is 0 Å². The van der Waals surface area contributed by atoms with Gasteiger partial charge in [0.1, 0.15) is 0 Å². The van der Waals surface area contributed by atoms with Gasteiger partial charge in [-0.05, 0) is 39.2 Å². The van der Waals surface area contributed by atoms with E-state index in [4.69, 9.17) is 4.52 Å². The van der Waals surface area contributed by atoms with E-state index in [1.807, 2.05) is 13.0 Å². The summed E-state index contributed by atoms with van der Waals surface area (Å²) < 4.78 is 5.30. The lowest BCUT2D eigenvalue weighted by Gasteiger charge is -2.14. The molecule has 1 amide bonds. The largest absolute Gasteiger partial charge is 0.350 e. The molecule has 0 bridgehead atoms. The molecule has 0 aromatic carbocycles. The number of carbonyl (C=O) groups is 1. The van der Waals surface area contributed by atoms with E-state index in [-0.39, 0.29) is 11.9 Å². The molecular weight excluding hydrogens is 290 g/mol. The summed E-state index contributed by atoms with van der Waals surface area (Å²) in [6.45, 7) is 6.10. The predicted molar refractivity (Wildman–Crippen MR) is 89.6 cm³/mol. The third kappa shape index (κ3) is 3.54. The number of hydrogen-bond acceptors (Lipinski definition) is 4. The summed E-state index contributed by atoms with van der Waals surface area (Å²) in [5, 5.41) is 7.84. The van der Waals surface area contributed by atoms with Gasteiger partial charge >= 0.3 is 0 Å². The maximum atomic E-state index is 12.7. The number of aryl methyl sites for hydroxylation is 1. The molecule has 2 aromatic rings. The van der Waals surface area contributed by atoms with Crippen molar-refractivity contribution in [2.45, 2.75) is 71.3 Å². The second-order valence-corrected chi connectivity index (χ2v) is 6.69. The van der Waals surface area contributed by atoms with Gasteiger partial charge in [0, 0.05) is 17.7 Å². The molecule has 0 unspecified atom stereocenters. The fourth-order valence-corrected chi connectivity index (χ4v) is 2.96.